The van der Waals surface area contributed by atoms with Crippen molar-refractivity contribution in [1.82, 2.24) is 0 Å². The van der Waals surface area contributed by atoms with Gasteiger partial charge in [-0.05, 0) is 48.0 Å². The number of hydrogen-bond acceptors (Lipinski definition) is 3. The lowest BCUT2D eigenvalue weighted by molar-refractivity contribution is 0.104. The van der Waals surface area contributed by atoms with Gasteiger partial charge in [0.25, 0.3) is 0 Å². The van der Waals surface area contributed by atoms with Gasteiger partial charge in [-0.15, -0.1) is 0 Å². The molecule has 0 aliphatic rings. The Labute approximate surface area is 129 Å². The fourth-order valence-electron chi connectivity index (χ4n) is 1.84. The van der Waals surface area contributed by atoms with Crippen molar-refractivity contribution >= 4 is 11.9 Å². The summed E-state index contributed by atoms with van der Waals surface area (Å²) < 4.78 is 23.4. The van der Waals surface area contributed by atoms with E-state index in [2.05, 4.69) is 0 Å². The SMILES string of the molecule is COCCOc1ccc(C(=O)C=Cc2cccc(F)c2)cc1. The Morgan fingerprint density at radius 1 is 1.14 bits per heavy atom. The third kappa shape index (κ3) is 4.82. The second-order valence-electron chi connectivity index (χ2n) is 4.62. The number of ketones is 1. The van der Waals surface area contributed by atoms with E-state index in [0.29, 0.717) is 30.1 Å². The summed E-state index contributed by atoms with van der Waals surface area (Å²) in [5.74, 6) is 0.211. The second-order valence-corrected chi connectivity index (χ2v) is 4.62. The molecule has 0 spiro atoms. The number of hydrogen-bond donors (Lipinski definition) is 0. The first-order valence-electron chi connectivity index (χ1n) is 6.89. The molecule has 0 bridgehead atoms. The van der Waals surface area contributed by atoms with Gasteiger partial charge in [-0.2, -0.15) is 0 Å². The summed E-state index contributed by atoms with van der Waals surface area (Å²) in [4.78, 5) is 12.0. The van der Waals surface area contributed by atoms with Crippen LogP contribution in [0.5, 0.6) is 5.75 Å². The molecule has 0 saturated carbocycles. The number of benzene rings is 2. The molecule has 0 aliphatic heterocycles. The van der Waals surface area contributed by atoms with Crippen LogP contribution in [0.3, 0.4) is 0 Å². The van der Waals surface area contributed by atoms with Gasteiger partial charge >= 0.3 is 0 Å². The van der Waals surface area contributed by atoms with E-state index in [1.807, 2.05) is 0 Å². The zero-order valence-corrected chi connectivity index (χ0v) is 12.3. The van der Waals surface area contributed by atoms with Crippen molar-refractivity contribution in [2.24, 2.45) is 0 Å². The van der Waals surface area contributed by atoms with Crippen LogP contribution in [0.4, 0.5) is 4.39 Å². The van der Waals surface area contributed by atoms with Crippen LogP contribution in [0.15, 0.2) is 54.6 Å². The molecule has 0 aliphatic carbocycles. The Morgan fingerprint density at radius 3 is 2.59 bits per heavy atom. The van der Waals surface area contributed by atoms with E-state index in [4.69, 9.17) is 9.47 Å². The minimum absolute atomic E-state index is 0.146. The molecule has 0 amide bonds. The van der Waals surface area contributed by atoms with E-state index in [9.17, 15) is 9.18 Å². The molecular weight excluding hydrogens is 283 g/mol. The van der Waals surface area contributed by atoms with E-state index in [1.54, 1.807) is 49.6 Å². The van der Waals surface area contributed by atoms with Gasteiger partial charge in [0, 0.05) is 12.7 Å². The van der Waals surface area contributed by atoms with Crippen LogP contribution in [0.25, 0.3) is 6.08 Å². The lowest BCUT2D eigenvalue weighted by Gasteiger charge is -2.05. The number of allylic oxidation sites excluding steroid dienone is 1. The largest absolute Gasteiger partial charge is 0.491 e. The maximum Gasteiger partial charge on any atom is 0.185 e. The number of ether oxygens (including phenoxy) is 2. The molecular formula is C18H17FO3. The van der Waals surface area contributed by atoms with Crippen molar-refractivity contribution in [2.75, 3.05) is 20.3 Å². The Hall–Kier alpha value is -2.46. The van der Waals surface area contributed by atoms with Gasteiger partial charge in [-0.1, -0.05) is 18.2 Å². The van der Waals surface area contributed by atoms with Crippen LogP contribution in [-0.4, -0.2) is 26.1 Å². The zero-order valence-electron chi connectivity index (χ0n) is 12.3. The summed E-state index contributed by atoms with van der Waals surface area (Å²) in [6.45, 7) is 0.973. The normalized spacial score (nSPS) is 10.8. The molecule has 2 aromatic carbocycles. The first kappa shape index (κ1) is 15.9. The summed E-state index contributed by atoms with van der Waals surface area (Å²) in [5.41, 5.74) is 1.19. The van der Waals surface area contributed by atoms with Crippen LogP contribution in [-0.2, 0) is 4.74 Å². The Morgan fingerprint density at radius 2 is 1.91 bits per heavy atom. The van der Waals surface area contributed by atoms with E-state index >= 15 is 0 Å². The van der Waals surface area contributed by atoms with E-state index in [-0.39, 0.29) is 11.6 Å². The van der Waals surface area contributed by atoms with Crippen molar-refractivity contribution in [3.63, 3.8) is 0 Å². The average Bonchev–Trinajstić information content (AvgIpc) is 2.54. The van der Waals surface area contributed by atoms with Gasteiger partial charge in [0.2, 0.25) is 0 Å². The maximum atomic E-state index is 13.0. The molecule has 0 aromatic heterocycles. The van der Waals surface area contributed by atoms with E-state index in [0.717, 1.165) is 0 Å². The Kier molecular flexibility index (Phi) is 5.86. The smallest absolute Gasteiger partial charge is 0.185 e. The lowest BCUT2D eigenvalue weighted by atomic mass is 10.1. The quantitative estimate of drug-likeness (QED) is 0.444. The number of carbonyl (C=O) groups excluding carboxylic acids is 1. The minimum atomic E-state index is -0.327. The molecule has 2 rings (SSSR count). The molecule has 114 valence electrons. The first-order chi connectivity index (χ1) is 10.7. The number of halogens is 1. The maximum absolute atomic E-state index is 13.0. The number of carbonyl (C=O) groups is 1. The van der Waals surface area contributed by atoms with Gasteiger partial charge in [0.1, 0.15) is 18.2 Å². The van der Waals surface area contributed by atoms with Gasteiger partial charge < -0.3 is 9.47 Å². The van der Waals surface area contributed by atoms with Crippen LogP contribution in [0, 0.1) is 5.82 Å². The molecule has 0 N–H and O–H groups in total. The van der Waals surface area contributed by atoms with Crippen LogP contribution in [0.1, 0.15) is 15.9 Å². The van der Waals surface area contributed by atoms with Crippen molar-refractivity contribution in [1.29, 1.82) is 0 Å². The van der Waals surface area contributed by atoms with Crippen LogP contribution in [0.2, 0.25) is 0 Å². The summed E-state index contributed by atoms with van der Waals surface area (Å²) in [5, 5.41) is 0. The molecule has 0 unspecified atom stereocenters. The highest BCUT2D eigenvalue weighted by molar-refractivity contribution is 6.06. The minimum Gasteiger partial charge on any atom is -0.491 e. The zero-order chi connectivity index (χ0) is 15.8. The van der Waals surface area contributed by atoms with Gasteiger partial charge in [-0.25, -0.2) is 4.39 Å². The molecule has 0 radical (unpaired) electrons. The number of methoxy groups -OCH3 is 1. The van der Waals surface area contributed by atoms with Crippen LogP contribution >= 0.6 is 0 Å². The Balaban J connectivity index is 1.97. The van der Waals surface area contributed by atoms with Crippen molar-refractivity contribution in [3.8, 4) is 5.75 Å². The lowest BCUT2D eigenvalue weighted by Crippen LogP contribution is -2.04. The number of rotatable bonds is 7. The van der Waals surface area contributed by atoms with Crippen molar-refractivity contribution in [2.45, 2.75) is 0 Å². The highest BCUT2D eigenvalue weighted by Gasteiger charge is 2.02. The third-order valence-corrected chi connectivity index (χ3v) is 2.97. The molecule has 0 fully saturated rings. The average molecular weight is 300 g/mol. The molecule has 3 nitrogen and oxygen atoms in total. The summed E-state index contributed by atoms with van der Waals surface area (Å²) >= 11 is 0. The summed E-state index contributed by atoms with van der Waals surface area (Å²) in [6.07, 6.45) is 3.02. The second kappa shape index (κ2) is 8.10. The molecule has 0 saturated heterocycles. The van der Waals surface area contributed by atoms with E-state index in [1.165, 1.54) is 18.2 Å². The Bertz CT molecular complexity index is 648. The summed E-state index contributed by atoms with van der Waals surface area (Å²) in [7, 11) is 1.61. The van der Waals surface area contributed by atoms with E-state index < -0.39 is 0 Å². The van der Waals surface area contributed by atoms with Crippen LogP contribution < -0.4 is 4.74 Å². The summed E-state index contributed by atoms with van der Waals surface area (Å²) in [6, 6.07) is 12.9. The van der Waals surface area contributed by atoms with Gasteiger partial charge in [-0.3, -0.25) is 4.79 Å². The highest BCUT2D eigenvalue weighted by atomic mass is 19.1. The van der Waals surface area contributed by atoms with Crippen molar-refractivity contribution in [3.05, 3.63) is 71.6 Å². The monoisotopic (exact) mass is 300 g/mol. The molecule has 4 heteroatoms. The highest BCUT2D eigenvalue weighted by Crippen LogP contribution is 2.13. The predicted molar refractivity (Wildman–Crippen MR) is 83.6 cm³/mol. The first-order valence-corrected chi connectivity index (χ1v) is 6.89. The fraction of sp³-hybridized carbons (Fsp3) is 0.167. The van der Waals surface area contributed by atoms with Gasteiger partial charge in [0.05, 0.1) is 6.61 Å². The molecule has 22 heavy (non-hydrogen) atoms. The standard InChI is InChI=1S/C18H17FO3/c1-21-11-12-22-17-8-6-15(7-9-17)18(20)10-5-14-3-2-4-16(19)13-14/h2-10,13H,11-12H2,1H3. The topological polar surface area (TPSA) is 35.5 Å². The van der Waals surface area contributed by atoms with Gasteiger partial charge in [0.15, 0.2) is 5.78 Å². The molecule has 2 aromatic rings. The predicted octanol–water partition coefficient (Wildman–Crippen LogP) is 3.75. The fourth-order valence-corrected chi connectivity index (χ4v) is 1.84. The third-order valence-electron chi connectivity index (χ3n) is 2.97. The molecule has 0 atom stereocenters. The van der Waals surface area contributed by atoms with Crippen molar-refractivity contribution < 1.29 is 18.7 Å². The molecule has 0 heterocycles.